The third-order valence-corrected chi connectivity index (χ3v) is 4.14. The molecule has 0 saturated carbocycles. The molecule has 154 valence electrons. The molecule has 1 aliphatic rings. The molecule has 0 unspecified atom stereocenters. The summed E-state index contributed by atoms with van der Waals surface area (Å²) in [5, 5.41) is 9.56. The Morgan fingerprint density at radius 2 is 1.77 bits per heavy atom. The summed E-state index contributed by atoms with van der Waals surface area (Å²) >= 11 is 0. The molecular formula is C18H38IN5O2. The van der Waals surface area contributed by atoms with E-state index in [9.17, 15) is 4.79 Å². The van der Waals surface area contributed by atoms with E-state index >= 15 is 0 Å². The van der Waals surface area contributed by atoms with Crippen LogP contribution in [0.5, 0.6) is 0 Å². The predicted molar refractivity (Wildman–Crippen MR) is 118 cm³/mol. The second kappa shape index (κ2) is 12.6. The molecule has 1 amide bonds. The second-order valence-electron chi connectivity index (χ2n) is 7.83. The van der Waals surface area contributed by atoms with Gasteiger partial charge in [-0.25, -0.2) is 4.79 Å². The number of piperidine rings is 1. The number of hydrogen-bond donors (Lipinski definition) is 3. The number of aliphatic imine (C=N–C) groups is 1. The van der Waals surface area contributed by atoms with Crippen molar-refractivity contribution in [2.45, 2.75) is 71.6 Å². The quantitative estimate of drug-likeness (QED) is 0.234. The topological polar surface area (TPSA) is 78.0 Å². The normalized spacial score (nSPS) is 16.8. The van der Waals surface area contributed by atoms with Crippen LogP contribution in [0.4, 0.5) is 4.79 Å². The van der Waals surface area contributed by atoms with E-state index in [0.29, 0.717) is 18.6 Å². The van der Waals surface area contributed by atoms with Crippen LogP contribution in [-0.4, -0.2) is 67.9 Å². The molecule has 0 aromatic rings. The highest BCUT2D eigenvalue weighted by atomic mass is 127. The van der Waals surface area contributed by atoms with Gasteiger partial charge >= 0.3 is 6.09 Å². The molecule has 1 aliphatic heterocycles. The molecule has 1 rings (SSSR count). The van der Waals surface area contributed by atoms with Crippen LogP contribution >= 0.6 is 24.0 Å². The van der Waals surface area contributed by atoms with E-state index in [1.807, 2.05) is 20.8 Å². The summed E-state index contributed by atoms with van der Waals surface area (Å²) in [6.07, 6.45) is 2.72. The molecule has 7 nitrogen and oxygen atoms in total. The highest BCUT2D eigenvalue weighted by molar-refractivity contribution is 14.0. The minimum atomic E-state index is -0.459. The molecular weight excluding hydrogens is 445 g/mol. The largest absolute Gasteiger partial charge is 0.444 e. The fraction of sp³-hybridized carbons (Fsp3) is 0.889. The van der Waals surface area contributed by atoms with Crippen molar-refractivity contribution < 1.29 is 9.53 Å². The molecule has 8 heteroatoms. The molecule has 0 spiro atoms. The van der Waals surface area contributed by atoms with Crippen LogP contribution < -0.4 is 16.0 Å². The monoisotopic (exact) mass is 483 g/mol. The Hall–Kier alpha value is -0.770. The first-order chi connectivity index (χ1) is 11.7. The number of alkyl carbamates (subject to hydrolysis) is 1. The fourth-order valence-corrected chi connectivity index (χ4v) is 2.75. The zero-order chi connectivity index (χ0) is 18.9. The summed E-state index contributed by atoms with van der Waals surface area (Å²) in [6, 6.07) is 1.09. The number of nitrogens with one attached hydrogen (secondary N) is 3. The summed E-state index contributed by atoms with van der Waals surface area (Å²) in [4.78, 5) is 18.4. The van der Waals surface area contributed by atoms with Crippen LogP contribution in [0.25, 0.3) is 0 Å². The van der Waals surface area contributed by atoms with Crippen molar-refractivity contribution in [1.29, 1.82) is 0 Å². The predicted octanol–water partition coefficient (Wildman–Crippen LogP) is 2.56. The van der Waals surface area contributed by atoms with E-state index in [1.165, 1.54) is 0 Å². The first-order valence-corrected chi connectivity index (χ1v) is 9.39. The molecule has 0 atom stereocenters. The average molecular weight is 483 g/mol. The van der Waals surface area contributed by atoms with Gasteiger partial charge in [-0.2, -0.15) is 0 Å². The number of halogens is 1. The lowest BCUT2D eigenvalue weighted by Gasteiger charge is -2.35. The average Bonchev–Trinajstić information content (AvgIpc) is 2.52. The number of rotatable bonds is 6. The van der Waals surface area contributed by atoms with Gasteiger partial charge < -0.3 is 25.6 Å². The van der Waals surface area contributed by atoms with Gasteiger partial charge in [0.05, 0.1) is 0 Å². The Balaban J connectivity index is 0.00000625. The van der Waals surface area contributed by atoms with Crippen LogP contribution in [0.1, 0.15) is 53.9 Å². The van der Waals surface area contributed by atoms with Crippen molar-refractivity contribution in [3.05, 3.63) is 0 Å². The van der Waals surface area contributed by atoms with Crippen LogP contribution in [-0.2, 0) is 4.74 Å². The number of amides is 1. The number of likely N-dealkylation sites (tertiary alicyclic amines) is 1. The van der Waals surface area contributed by atoms with Gasteiger partial charge in [-0.1, -0.05) is 0 Å². The third kappa shape index (κ3) is 11.1. The maximum atomic E-state index is 11.6. The highest BCUT2D eigenvalue weighted by Gasteiger charge is 2.21. The lowest BCUT2D eigenvalue weighted by molar-refractivity contribution is 0.0527. The summed E-state index contributed by atoms with van der Waals surface area (Å²) < 4.78 is 5.20. The van der Waals surface area contributed by atoms with Gasteiger partial charge in [-0.15, -0.1) is 24.0 Å². The summed E-state index contributed by atoms with van der Waals surface area (Å²) in [5.41, 5.74) is -0.459. The van der Waals surface area contributed by atoms with Crippen molar-refractivity contribution in [2.75, 3.05) is 33.2 Å². The van der Waals surface area contributed by atoms with E-state index in [1.54, 1.807) is 7.05 Å². The zero-order valence-electron chi connectivity index (χ0n) is 17.2. The van der Waals surface area contributed by atoms with Crippen molar-refractivity contribution >= 4 is 36.0 Å². The van der Waals surface area contributed by atoms with E-state index in [2.05, 4.69) is 39.7 Å². The lowest BCUT2D eigenvalue weighted by atomic mass is 10.0. The van der Waals surface area contributed by atoms with E-state index < -0.39 is 5.60 Å². The summed E-state index contributed by atoms with van der Waals surface area (Å²) in [6.45, 7) is 13.7. The van der Waals surface area contributed by atoms with E-state index in [-0.39, 0.29) is 30.1 Å². The molecule has 0 bridgehead atoms. The van der Waals surface area contributed by atoms with Crippen molar-refractivity contribution in [2.24, 2.45) is 4.99 Å². The van der Waals surface area contributed by atoms with E-state index in [0.717, 1.165) is 44.9 Å². The van der Waals surface area contributed by atoms with Gasteiger partial charge in [0, 0.05) is 45.3 Å². The highest BCUT2D eigenvalue weighted by Crippen LogP contribution is 2.12. The van der Waals surface area contributed by atoms with Crippen LogP contribution in [0.3, 0.4) is 0 Å². The molecule has 1 saturated heterocycles. The number of hydrogen-bond acceptors (Lipinski definition) is 4. The lowest BCUT2D eigenvalue weighted by Crippen LogP contribution is -2.50. The number of ether oxygens (including phenoxy) is 1. The Morgan fingerprint density at radius 3 is 2.27 bits per heavy atom. The van der Waals surface area contributed by atoms with E-state index in [4.69, 9.17) is 4.74 Å². The third-order valence-electron chi connectivity index (χ3n) is 4.14. The van der Waals surface area contributed by atoms with Crippen LogP contribution in [0.15, 0.2) is 4.99 Å². The Kier molecular flexibility index (Phi) is 12.2. The maximum absolute atomic E-state index is 11.6. The first kappa shape index (κ1) is 25.2. The summed E-state index contributed by atoms with van der Waals surface area (Å²) in [5.74, 6) is 0.834. The standard InChI is InChI=1S/C18H37N5O2.HI/c1-14(2)23-12-8-15(9-13-23)22-16(19-6)20-10-7-11-21-17(24)25-18(3,4)5;/h14-15H,7-13H2,1-6H3,(H,21,24)(H2,19,20,22);1H. The zero-order valence-corrected chi connectivity index (χ0v) is 19.6. The molecule has 0 aliphatic carbocycles. The molecule has 0 radical (unpaired) electrons. The maximum Gasteiger partial charge on any atom is 0.407 e. The molecule has 3 N–H and O–H groups in total. The van der Waals surface area contributed by atoms with Gasteiger partial charge in [0.1, 0.15) is 5.60 Å². The minimum Gasteiger partial charge on any atom is -0.444 e. The Morgan fingerprint density at radius 1 is 1.19 bits per heavy atom. The smallest absolute Gasteiger partial charge is 0.407 e. The molecule has 1 heterocycles. The molecule has 1 fully saturated rings. The van der Waals surface area contributed by atoms with Gasteiger partial charge in [0.15, 0.2) is 5.96 Å². The van der Waals surface area contributed by atoms with Gasteiger partial charge in [0.25, 0.3) is 0 Å². The second-order valence-corrected chi connectivity index (χ2v) is 7.83. The van der Waals surface area contributed by atoms with Crippen molar-refractivity contribution in [3.63, 3.8) is 0 Å². The van der Waals surface area contributed by atoms with Crippen LogP contribution in [0, 0.1) is 0 Å². The number of carbonyl (C=O) groups is 1. The first-order valence-electron chi connectivity index (χ1n) is 9.39. The Bertz CT molecular complexity index is 430. The SMILES string of the molecule is CN=C(NCCCNC(=O)OC(C)(C)C)NC1CCN(C(C)C)CC1.I. The van der Waals surface area contributed by atoms with Crippen LogP contribution in [0.2, 0.25) is 0 Å². The number of nitrogens with zero attached hydrogens (tertiary/aromatic N) is 2. The van der Waals surface area contributed by atoms with Gasteiger partial charge in [0.2, 0.25) is 0 Å². The summed E-state index contributed by atoms with van der Waals surface area (Å²) in [7, 11) is 1.79. The van der Waals surface area contributed by atoms with Gasteiger partial charge in [-0.05, 0) is 53.9 Å². The molecule has 0 aromatic carbocycles. The molecule has 26 heavy (non-hydrogen) atoms. The van der Waals surface area contributed by atoms with Crippen molar-refractivity contribution in [3.8, 4) is 0 Å². The fourth-order valence-electron chi connectivity index (χ4n) is 2.75. The van der Waals surface area contributed by atoms with Gasteiger partial charge in [-0.3, -0.25) is 4.99 Å². The Labute approximate surface area is 176 Å². The number of carbonyl (C=O) groups excluding carboxylic acids is 1. The minimum absolute atomic E-state index is 0. The van der Waals surface area contributed by atoms with Crippen molar-refractivity contribution in [1.82, 2.24) is 20.9 Å². The molecule has 0 aromatic heterocycles. The number of guanidine groups is 1.